The zero-order valence-electron chi connectivity index (χ0n) is 17.2. The predicted octanol–water partition coefficient (Wildman–Crippen LogP) is 1.66. The summed E-state index contributed by atoms with van der Waals surface area (Å²) in [5, 5.41) is 2.77. The van der Waals surface area contributed by atoms with Gasteiger partial charge >= 0.3 is 0 Å². The van der Waals surface area contributed by atoms with Crippen molar-refractivity contribution in [1.82, 2.24) is 10.0 Å². The van der Waals surface area contributed by atoms with Crippen molar-refractivity contribution < 1.29 is 26.4 Å². The van der Waals surface area contributed by atoms with Crippen molar-refractivity contribution in [1.29, 1.82) is 0 Å². The van der Waals surface area contributed by atoms with Crippen LogP contribution in [0.1, 0.15) is 28.8 Å². The van der Waals surface area contributed by atoms with Gasteiger partial charge in [-0.1, -0.05) is 12.1 Å². The van der Waals surface area contributed by atoms with E-state index in [-0.39, 0.29) is 28.7 Å². The van der Waals surface area contributed by atoms with Gasteiger partial charge in [-0.05, 0) is 61.7 Å². The first-order valence-electron chi connectivity index (χ1n) is 9.95. The van der Waals surface area contributed by atoms with Gasteiger partial charge in [-0.15, -0.1) is 0 Å². The zero-order valence-corrected chi connectivity index (χ0v) is 18.8. The second-order valence-corrected chi connectivity index (χ2v) is 11.5. The van der Waals surface area contributed by atoms with Crippen molar-refractivity contribution in [2.24, 2.45) is 0 Å². The van der Waals surface area contributed by atoms with Gasteiger partial charge in [0, 0.05) is 18.2 Å². The number of carbonyl (C=O) groups excluding carboxylic acids is 1. The number of rotatable bonds is 9. The molecule has 2 N–H and O–H groups in total. The maximum Gasteiger partial charge on any atom is 0.251 e. The molecule has 1 amide bonds. The molecule has 2 aromatic rings. The van der Waals surface area contributed by atoms with Gasteiger partial charge in [0.15, 0.2) is 9.84 Å². The Bertz CT molecular complexity index is 1130. The number of carbonyl (C=O) groups is 1. The lowest BCUT2D eigenvalue weighted by atomic mass is 10.2. The Hall–Kier alpha value is -2.43. The summed E-state index contributed by atoms with van der Waals surface area (Å²) in [6.07, 6.45) is 0.885. The lowest BCUT2D eigenvalue weighted by Gasteiger charge is -2.12. The third kappa shape index (κ3) is 6.78. The smallest absolute Gasteiger partial charge is 0.251 e. The van der Waals surface area contributed by atoms with Gasteiger partial charge in [0.25, 0.3) is 5.91 Å². The number of hydrogen-bond acceptors (Lipinski definition) is 6. The Morgan fingerprint density at radius 3 is 2.55 bits per heavy atom. The van der Waals surface area contributed by atoms with Crippen LogP contribution in [-0.4, -0.2) is 53.4 Å². The van der Waals surface area contributed by atoms with Crippen LogP contribution in [0.2, 0.25) is 0 Å². The minimum atomic E-state index is -3.85. The lowest BCUT2D eigenvalue weighted by Crippen LogP contribution is -2.35. The molecular formula is C21H26N2O6S2. The quantitative estimate of drug-likeness (QED) is 0.543. The molecule has 3 rings (SSSR count). The molecule has 1 heterocycles. The minimum absolute atomic E-state index is 0.0140. The summed E-state index contributed by atoms with van der Waals surface area (Å²) in [6.45, 7) is 2.87. The lowest BCUT2D eigenvalue weighted by molar-refractivity contribution is 0.0951. The molecule has 1 aliphatic rings. The SMILES string of the molecule is Cc1cccc(OCCCNC(=O)c2ccc(S(=O)(=O)N[C@H]3CCS(=O)(=O)C3)cc2)c1. The maximum absolute atomic E-state index is 12.4. The van der Waals surface area contributed by atoms with E-state index in [0.717, 1.165) is 11.3 Å². The van der Waals surface area contributed by atoms with Gasteiger partial charge in [0.1, 0.15) is 5.75 Å². The first-order chi connectivity index (χ1) is 14.6. The fraction of sp³-hybridized carbons (Fsp3) is 0.381. The van der Waals surface area contributed by atoms with Crippen LogP contribution in [0, 0.1) is 6.92 Å². The highest BCUT2D eigenvalue weighted by Gasteiger charge is 2.31. The molecule has 0 saturated carbocycles. The topological polar surface area (TPSA) is 119 Å². The summed E-state index contributed by atoms with van der Waals surface area (Å²) in [6, 6.07) is 12.6. The van der Waals surface area contributed by atoms with Crippen LogP contribution in [0.3, 0.4) is 0 Å². The average molecular weight is 467 g/mol. The Morgan fingerprint density at radius 2 is 1.90 bits per heavy atom. The number of sulfonamides is 1. The van der Waals surface area contributed by atoms with E-state index < -0.39 is 25.9 Å². The zero-order chi connectivity index (χ0) is 22.5. The van der Waals surface area contributed by atoms with Crippen LogP contribution >= 0.6 is 0 Å². The molecule has 1 atom stereocenters. The van der Waals surface area contributed by atoms with Gasteiger partial charge < -0.3 is 10.1 Å². The summed E-state index contributed by atoms with van der Waals surface area (Å²) >= 11 is 0. The molecule has 0 aromatic heterocycles. The second kappa shape index (κ2) is 9.80. The molecule has 0 bridgehead atoms. The van der Waals surface area contributed by atoms with Crippen LogP contribution < -0.4 is 14.8 Å². The van der Waals surface area contributed by atoms with Gasteiger partial charge in [-0.25, -0.2) is 21.6 Å². The summed E-state index contributed by atoms with van der Waals surface area (Å²) in [5.74, 6) is 0.261. The first-order valence-corrected chi connectivity index (χ1v) is 13.3. The minimum Gasteiger partial charge on any atom is -0.494 e. The molecule has 2 aromatic carbocycles. The molecule has 168 valence electrons. The highest BCUT2D eigenvalue weighted by molar-refractivity contribution is 7.92. The fourth-order valence-corrected chi connectivity index (χ4v) is 6.28. The summed E-state index contributed by atoms with van der Waals surface area (Å²) < 4.78 is 56.0. The van der Waals surface area contributed by atoms with Gasteiger partial charge in [-0.3, -0.25) is 4.79 Å². The highest BCUT2D eigenvalue weighted by atomic mass is 32.2. The number of hydrogen-bond donors (Lipinski definition) is 2. The van der Waals surface area contributed by atoms with Gasteiger partial charge in [0.2, 0.25) is 10.0 Å². The van der Waals surface area contributed by atoms with Crippen molar-refractivity contribution in [3.05, 3.63) is 59.7 Å². The Kier molecular flexibility index (Phi) is 7.34. The third-order valence-electron chi connectivity index (χ3n) is 4.85. The number of ether oxygens (including phenoxy) is 1. The standard InChI is InChI=1S/C21H26N2O6S2/c1-16-4-2-5-19(14-16)29-12-3-11-22-21(24)17-6-8-20(9-7-17)31(27,28)23-18-10-13-30(25,26)15-18/h2,4-9,14,18,23H,3,10-13,15H2,1H3,(H,22,24)/t18-/m0/s1. The summed E-state index contributed by atoms with van der Waals surface area (Å²) in [7, 11) is -7.04. The molecule has 0 aliphatic carbocycles. The number of benzene rings is 2. The van der Waals surface area contributed by atoms with Crippen LogP contribution in [0.15, 0.2) is 53.4 Å². The van der Waals surface area contributed by atoms with E-state index >= 15 is 0 Å². The molecular weight excluding hydrogens is 440 g/mol. The van der Waals surface area contributed by atoms with E-state index in [2.05, 4.69) is 10.0 Å². The number of amides is 1. The van der Waals surface area contributed by atoms with E-state index in [1.165, 1.54) is 24.3 Å². The van der Waals surface area contributed by atoms with Crippen molar-refractivity contribution in [3.8, 4) is 5.75 Å². The number of nitrogens with one attached hydrogen (secondary N) is 2. The molecule has 1 saturated heterocycles. The van der Waals surface area contributed by atoms with E-state index in [4.69, 9.17) is 4.74 Å². The molecule has 1 fully saturated rings. The Balaban J connectivity index is 1.46. The van der Waals surface area contributed by atoms with Crippen molar-refractivity contribution in [2.75, 3.05) is 24.7 Å². The summed E-state index contributed by atoms with van der Waals surface area (Å²) in [4.78, 5) is 12.2. The predicted molar refractivity (Wildman–Crippen MR) is 117 cm³/mol. The van der Waals surface area contributed by atoms with Crippen LogP contribution in [0.4, 0.5) is 0 Å². The average Bonchev–Trinajstić information content (AvgIpc) is 3.05. The molecule has 1 aliphatic heterocycles. The molecule has 31 heavy (non-hydrogen) atoms. The van der Waals surface area contributed by atoms with Crippen LogP contribution in [-0.2, 0) is 19.9 Å². The second-order valence-electron chi connectivity index (χ2n) is 7.52. The van der Waals surface area contributed by atoms with E-state index in [9.17, 15) is 21.6 Å². The van der Waals surface area contributed by atoms with Crippen molar-refractivity contribution >= 4 is 25.8 Å². The van der Waals surface area contributed by atoms with Crippen molar-refractivity contribution in [3.63, 3.8) is 0 Å². The molecule has 10 heteroatoms. The Morgan fingerprint density at radius 1 is 1.16 bits per heavy atom. The molecule has 8 nitrogen and oxygen atoms in total. The van der Waals surface area contributed by atoms with Crippen LogP contribution in [0.5, 0.6) is 5.75 Å². The number of sulfone groups is 1. The highest BCUT2D eigenvalue weighted by Crippen LogP contribution is 2.16. The normalized spacial score (nSPS) is 17.9. The third-order valence-corrected chi connectivity index (χ3v) is 8.15. The maximum atomic E-state index is 12.4. The first kappa shape index (κ1) is 23.2. The molecule has 0 radical (unpaired) electrons. The number of aryl methyl sites for hydroxylation is 1. The van der Waals surface area contributed by atoms with E-state index in [1.54, 1.807) is 0 Å². The van der Waals surface area contributed by atoms with Gasteiger partial charge in [0.05, 0.1) is 23.0 Å². The van der Waals surface area contributed by atoms with Gasteiger partial charge in [-0.2, -0.15) is 0 Å². The molecule has 0 unspecified atom stereocenters. The largest absolute Gasteiger partial charge is 0.494 e. The monoisotopic (exact) mass is 466 g/mol. The van der Waals surface area contributed by atoms with Crippen molar-refractivity contribution in [2.45, 2.75) is 30.7 Å². The summed E-state index contributed by atoms with van der Waals surface area (Å²) in [5.41, 5.74) is 1.45. The molecule has 0 spiro atoms. The Labute approximate surface area is 183 Å². The van der Waals surface area contributed by atoms with Crippen LogP contribution in [0.25, 0.3) is 0 Å². The van der Waals surface area contributed by atoms with E-state index in [1.807, 2.05) is 31.2 Å². The fourth-order valence-electron chi connectivity index (χ4n) is 3.23. The van der Waals surface area contributed by atoms with E-state index in [0.29, 0.717) is 25.1 Å².